The van der Waals surface area contributed by atoms with Crippen molar-refractivity contribution in [2.75, 3.05) is 17.2 Å². The van der Waals surface area contributed by atoms with Gasteiger partial charge in [-0.1, -0.05) is 43.5 Å². The van der Waals surface area contributed by atoms with Crippen LogP contribution in [0.4, 0.5) is 15.8 Å². The summed E-state index contributed by atoms with van der Waals surface area (Å²) in [5.41, 5.74) is 1.27. The highest BCUT2D eigenvalue weighted by molar-refractivity contribution is 6.02. The van der Waals surface area contributed by atoms with E-state index in [0.29, 0.717) is 22.8 Å². The second kappa shape index (κ2) is 9.11. The van der Waals surface area contributed by atoms with Gasteiger partial charge in [-0.2, -0.15) is 0 Å². The molecule has 2 N–H and O–H groups in total. The van der Waals surface area contributed by atoms with Gasteiger partial charge >= 0.3 is 5.63 Å². The number of hydrogen-bond donors (Lipinski definition) is 2. The number of halogens is 1. The molecular formula is C24H25FN2O3. The predicted octanol–water partition coefficient (Wildman–Crippen LogP) is 5.11. The van der Waals surface area contributed by atoms with E-state index in [-0.39, 0.29) is 23.8 Å². The molecule has 2 aromatic carbocycles. The molecule has 4 rings (SSSR count). The molecule has 1 aromatic heterocycles. The van der Waals surface area contributed by atoms with Gasteiger partial charge in [0.15, 0.2) is 5.69 Å². The molecule has 1 aliphatic rings. The first-order chi connectivity index (χ1) is 14.6. The maximum absolute atomic E-state index is 13.1. The Morgan fingerprint density at radius 2 is 1.73 bits per heavy atom. The maximum Gasteiger partial charge on any atom is 0.362 e. The Balaban J connectivity index is 1.60. The summed E-state index contributed by atoms with van der Waals surface area (Å²) in [5.74, 6) is -0.166. The zero-order valence-electron chi connectivity index (χ0n) is 16.7. The molecule has 0 atom stereocenters. The number of hydrogen-bond acceptors (Lipinski definition) is 4. The molecule has 0 spiro atoms. The van der Waals surface area contributed by atoms with E-state index in [1.165, 1.54) is 44.2 Å². The summed E-state index contributed by atoms with van der Waals surface area (Å²) in [6, 6.07) is 13.0. The van der Waals surface area contributed by atoms with E-state index in [1.54, 1.807) is 18.2 Å². The summed E-state index contributed by atoms with van der Waals surface area (Å²) in [5, 5.41) is 6.89. The number of benzene rings is 2. The molecule has 0 radical (unpaired) electrons. The molecule has 156 valence electrons. The highest BCUT2D eigenvalue weighted by Crippen LogP contribution is 2.30. The Bertz CT molecular complexity index is 1090. The summed E-state index contributed by atoms with van der Waals surface area (Å²) in [4.78, 5) is 25.3. The number of nitrogens with one attached hydrogen (secondary N) is 2. The van der Waals surface area contributed by atoms with Crippen LogP contribution in [0.5, 0.6) is 0 Å². The number of anilines is 2. The lowest BCUT2D eigenvalue weighted by Gasteiger charge is -2.23. The number of rotatable bonds is 6. The number of carbonyl (C=O) groups excluding carboxylic acids is 1. The van der Waals surface area contributed by atoms with Gasteiger partial charge in [0.2, 0.25) is 5.91 Å². The average molecular weight is 408 g/mol. The zero-order chi connectivity index (χ0) is 20.9. The molecule has 0 aliphatic heterocycles. The first-order valence-electron chi connectivity index (χ1n) is 10.4. The van der Waals surface area contributed by atoms with Crippen LogP contribution in [-0.4, -0.2) is 12.5 Å². The van der Waals surface area contributed by atoms with E-state index in [4.69, 9.17) is 4.42 Å². The van der Waals surface area contributed by atoms with Crippen molar-refractivity contribution >= 4 is 28.3 Å². The Morgan fingerprint density at radius 3 is 2.50 bits per heavy atom. The van der Waals surface area contributed by atoms with E-state index in [1.807, 2.05) is 18.2 Å². The van der Waals surface area contributed by atoms with E-state index < -0.39 is 5.63 Å². The minimum atomic E-state index is -0.590. The van der Waals surface area contributed by atoms with E-state index in [9.17, 15) is 14.0 Å². The normalized spacial score (nSPS) is 14.6. The van der Waals surface area contributed by atoms with Crippen LogP contribution < -0.4 is 16.3 Å². The van der Waals surface area contributed by atoms with Gasteiger partial charge < -0.3 is 15.1 Å². The Kier molecular flexibility index (Phi) is 6.12. The monoisotopic (exact) mass is 408 g/mol. The third-order valence-corrected chi connectivity index (χ3v) is 5.65. The van der Waals surface area contributed by atoms with Crippen LogP contribution in [0.3, 0.4) is 0 Å². The molecule has 5 nitrogen and oxygen atoms in total. The fraction of sp³-hybridized carbons (Fsp3) is 0.333. The smallest absolute Gasteiger partial charge is 0.362 e. The van der Waals surface area contributed by atoms with Gasteiger partial charge in [0.05, 0.1) is 12.1 Å². The van der Waals surface area contributed by atoms with Gasteiger partial charge in [-0.3, -0.25) is 4.79 Å². The lowest BCUT2D eigenvalue weighted by atomic mass is 9.89. The third kappa shape index (κ3) is 4.70. The Morgan fingerprint density at radius 1 is 1.00 bits per heavy atom. The summed E-state index contributed by atoms with van der Waals surface area (Å²) < 4.78 is 18.5. The highest BCUT2D eigenvalue weighted by Gasteiger charge is 2.19. The first kappa shape index (κ1) is 20.1. The minimum Gasteiger partial charge on any atom is -0.421 e. The number of carbonyl (C=O) groups is 1. The van der Waals surface area contributed by atoms with Crippen LogP contribution in [0.1, 0.15) is 37.7 Å². The van der Waals surface area contributed by atoms with Crippen LogP contribution in [0.15, 0.2) is 57.7 Å². The fourth-order valence-corrected chi connectivity index (χ4v) is 4.06. The van der Waals surface area contributed by atoms with E-state index in [0.717, 1.165) is 11.9 Å². The maximum atomic E-state index is 13.1. The number of para-hydroxylation sites is 1. The average Bonchev–Trinajstić information content (AvgIpc) is 2.76. The van der Waals surface area contributed by atoms with Gasteiger partial charge in [-0.15, -0.1) is 0 Å². The van der Waals surface area contributed by atoms with Crippen molar-refractivity contribution in [3.8, 4) is 0 Å². The zero-order valence-corrected chi connectivity index (χ0v) is 16.7. The van der Waals surface area contributed by atoms with Crippen LogP contribution in [-0.2, 0) is 11.2 Å². The molecule has 0 saturated heterocycles. The Hall–Kier alpha value is -3.15. The molecular weight excluding hydrogens is 383 g/mol. The second-order valence-corrected chi connectivity index (χ2v) is 7.87. The third-order valence-electron chi connectivity index (χ3n) is 5.65. The topological polar surface area (TPSA) is 71.3 Å². The summed E-state index contributed by atoms with van der Waals surface area (Å²) >= 11 is 0. The van der Waals surface area contributed by atoms with Crippen molar-refractivity contribution in [3.63, 3.8) is 0 Å². The van der Waals surface area contributed by atoms with Crippen LogP contribution in [0.2, 0.25) is 0 Å². The van der Waals surface area contributed by atoms with Crippen LogP contribution in [0, 0.1) is 11.7 Å². The minimum absolute atomic E-state index is 0.0363. The van der Waals surface area contributed by atoms with Crippen molar-refractivity contribution in [1.29, 1.82) is 0 Å². The largest absolute Gasteiger partial charge is 0.421 e. The lowest BCUT2D eigenvalue weighted by molar-refractivity contribution is -0.115. The molecule has 1 heterocycles. The molecule has 1 fully saturated rings. The fourth-order valence-electron chi connectivity index (χ4n) is 4.06. The molecule has 0 bridgehead atoms. The number of amides is 1. The molecule has 0 unspecified atom stereocenters. The van der Waals surface area contributed by atoms with E-state index >= 15 is 0 Å². The highest BCUT2D eigenvalue weighted by atomic mass is 19.1. The second-order valence-electron chi connectivity index (χ2n) is 7.87. The predicted molar refractivity (Wildman–Crippen MR) is 116 cm³/mol. The summed E-state index contributed by atoms with van der Waals surface area (Å²) in [6.45, 7) is 0.744. The lowest BCUT2D eigenvalue weighted by Crippen LogP contribution is -2.23. The SMILES string of the molecule is O=C(Cc1ccc(F)cc1)Nc1c(NCC2CCCCC2)c2ccccc2oc1=O. The van der Waals surface area contributed by atoms with Gasteiger partial charge in [-0.05, 0) is 48.6 Å². The molecule has 3 aromatic rings. The van der Waals surface area contributed by atoms with Crippen LogP contribution >= 0.6 is 0 Å². The summed E-state index contributed by atoms with van der Waals surface area (Å²) in [7, 11) is 0. The molecule has 6 heteroatoms. The summed E-state index contributed by atoms with van der Waals surface area (Å²) in [6.07, 6.45) is 6.10. The van der Waals surface area contributed by atoms with Gasteiger partial charge in [0, 0.05) is 11.9 Å². The quantitative estimate of drug-likeness (QED) is 0.556. The number of fused-ring (bicyclic) bond motifs is 1. The van der Waals surface area contributed by atoms with E-state index in [2.05, 4.69) is 10.6 Å². The standard InChI is InChI=1S/C24H25FN2O3/c25-18-12-10-16(11-13-18)14-21(28)27-23-22(26-15-17-6-2-1-3-7-17)19-8-4-5-9-20(19)30-24(23)29/h4-5,8-13,17,26H,1-3,6-7,14-15H2,(H,27,28). The van der Waals surface area contributed by atoms with Crippen molar-refractivity contribution in [3.05, 3.63) is 70.3 Å². The van der Waals surface area contributed by atoms with Gasteiger partial charge in [0.1, 0.15) is 11.4 Å². The molecule has 1 aliphatic carbocycles. The van der Waals surface area contributed by atoms with Gasteiger partial charge in [0.25, 0.3) is 0 Å². The van der Waals surface area contributed by atoms with Crippen molar-refractivity contribution < 1.29 is 13.6 Å². The van der Waals surface area contributed by atoms with Crippen molar-refractivity contribution in [2.45, 2.75) is 38.5 Å². The Labute approximate surface area is 174 Å². The molecule has 1 saturated carbocycles. The molecule has 1 amide bonds. The molecule has 30 heavy (non-hydrogen) atoms. The first-order valence-corrected chi connectivity index (χ1v) is 10.4. The van der Waals surface area contributed by atoms with Crippen molar-refractivity contribution in [2.24, 2.45) is 5.92 Å². The van der Waals surface area contributed by atoms with Gasteiger partial charge in [-0.25, -0.2) is 9.18 Å². The van der Waals surface area contributed by atoms with Crippen LogP contribution in [0.25, 0.3) is 11.0 Å². The van der Waals surface area contributed by atoms with Crippen molar-refractivity contribution in [1.82, 2.24) is 0 Å².